The summed E-state index contributed by atoms with van der Waals surface area (Å²) in [6, 6.07) is 12.3. The average Bonchev–Trinajstić information content (AvgIpc) is 2.76. The van der Waals surface area contributed by atoms with E-state index in [1.54, 1.807) is 13.0 Å². The molecule has 4 rings (SSSR count). The molecule has 31 heavy (non-hydrogen) atoms. The molecule has 2 N–H and O–H groups in total. The summed E-state index contributed by atoms with van der Waals surface area (Å²) in [4.78, 5) is 13.6. The molecule has 1 atom stereocenters. The lowest BCUT2D eigenvalue weighted by atomic mass is 9.92. The van der Waals surface area contributed by atoms with Crippen LogP contribution in [-0.4, -0.2) is 41.9 Å². The maximum atomic E-state index is 13.7. The van der Waals surface area contributed by atoms with Crippen LogP contribution in [-0.2, 0) is 27.8 Å². The van der Waals surface area contributed by atoms with Crippen molar-refractivity contribution in [3.8, 4) is 0 Å². The van der Waals surface area contributed by atoms with Gasteiger partial charge in [-0.15, -0.1) is 0 Å². The third-order valence-electron chi connectivity index (χ3n) is 6.48. The monoisotopic (exact) mass is 442 g/mol. The van der Waals surface area contributed by atoms with Crippen LogP contribution in [0.25, 0.3) is 0 Å². The standard InChI is InChI=1S/C24H30N2O4S/c1-16-7-8-17(2)23(13-16)31(29,30)26-15-19-6-4-3-5-18(19)14-22(26)24(28)25-20-9-11-21(27)12-10-20/h3-8,13,20-22,27H,9-12,14-15H2,1-2H3,(H,25,28). The molecule has 166 valence electrons. The van der Waals surface area contributed by atoms with Gasteiger partial charge in [0.15, 0.2) is 0 Å². The van der Waals surface area contributed by atoms with Crippen molar-refractivity contribution in [2.24, 2.45) is 0 Å². The molecule has 6 nitrogen and oxygen atoms in total. The summed E-state index contributed by atoms with van der Waals surface area (Å²) in [5.41, 5.74) is 3.48. The first-order valence-electron chi connectivity index (χ1n) is 10.9. The van der Waals surface area contributed by atoms with Crippen molar-refractivity contribution in [3.63, 3.8) is 0 Å². The molecule has 0 aromatic heterocycles. The number of hydrogen-bond donors (Lipinski definition) is 2. The van der Waals surface area contributed by atoms with E-state index in [2.05, 4.69) is 5.32 Å². The fraction of sp³-hybridized carbons (Fsp3) is 0.458. The number of fused-ring (bicyclic) bond motifs is 1. The number of carbonyl (C=O) groups is 1. The lowest BCUT2D eigenvalue weighted by molar-refractivity contribution is -0.126. The molecule has 0 saturated heterocycles. The molecule has 1 saturated carbocycles. The number of aliphatic hydroxyl groups is 1. The Balaban J connectivity index is 1.67. The molecule has 1 unspecified atom stereocenters. The Kier molecular flexibility index (Phi) is 6.19. The van der Waals surface area contributed by atoms with E-state index in [0.29, 0.717) is 37.7 Å². The Bertz CT molecular complexity index is 1070. The third-order valence-corrected chi connectivity index (χ3v) is 8.48. The minimum atomic E-state index is -3.87. The topological polar surface area (TPSA) is 86.7 Å². The molecule has 2 aliphatic rings. The molecule has 1 amide bonds. The van der Waals surface area contributed by atoms with Crippen molar-refractivity contribution in [2.45, 2.75) is 75.6 Å². The van der Waals surface area contributed by atoms with Crippen LogP contribution < -0.4 is 5.32 Å². The van der Waals surface area contributed by atoms with Gasteiger partial charge in [0.1, 0.15) is 6.04 Å². The average molecular weight is 443 g/mol. The molecule has 1 aliphatic heterocycles. The summed E-state index contributed by atoms with van der Waals surface area (Å²) in [6.07, 6.45) is 2.77. The van der Waals surface area contributed by atoms with Crippen LogP contribution in [0.5, 0.6) is 0 Å². The van der Waals surface area contributed by atoms with Crippen LogP contribution in [0.3, 0.4) is 0 Å². The summed E-state index contributed by atoms with van der Waals surface area (Å²) in [5.74, 6) is -0.259. The summed E-state index contributed by atoms with van der Waals surface area (Å²) in [7, 11) is -3.87. The van der Waals surface area contributed by atoms with Gasteiger partial charge in [0.2, 0.25) is 15.9 Å². The van der Waals surface area contributed by atoms with Crippen LogP contribution in [0.4, 0.5) is 0 Å². The van der Waals surface area contributed by atoms with Crippen molar-refractivity contribution in [2.75, 3.05) is 0 Å². The fourth-order valence-electron chi connectivity index (χ4n) is 4.60. The van der Waals surface area contributed by atoms with Crippen LogP contribution >= 0.6 is 0 Å². The number of nitrogens with zero attached hydrogens (tertiary/aromatic N) is 1. The molecular formula is C24H30N2O4S. The van der Waals surface area contributed by atoms with Gasteiger partial charge in [0, 0.05) is 12.6 Å². The predicted molar refractivity (Wildman–Crippen MR) is 119 cm³/mol. The first kappa shape index (κ1) is 22.0. The quantitative estimate of drug-likeness (QED) is 0.762. The molecule has 0 radical (unpaired) electrons. The van der Waals surface area contributed by atoms with E-state index in [-0.39, 0.29) is 29.5 Å². The summed E-state index contributed by atoms with van der Waals surface area (Å²) in [5, 5.41) is 12.8. The molecule has 0 spiro atoms. The van der Waals surface area contributed by atoms with Crippen molar-refractivity contribution in [1.82, 2.24) is 9.62 Å². The molecule has 2 aromatic carbocycles. The van der Waals surface area contributed by atoms with E-state index in [1.807, 2.05) is 43.3 Å². The van der Waals surface area contributed by atoms with Crippen LogP contribution in [0.2, 0.25) is 0 Å². The van der Waals surface area contributed by atoms with Gasteiger partial charge in [0.05, 0.1) is 11.0 Å². The number of aryl methyl sites for hydroxylation is 2. The Morgan fingerprint density at radius 2 is 1.71 bits per heavy atom. The van der Waals surface area contributed by atoms with Crippen LogP contribution in [0, 0.1) is 13.8 Å². The van der Waals surface area contributed by atoms with Gasteiger partial charge >= 0.3 is 0 Å². The van der Waals surface area contributed by atoms with Crippen LogP contribution in [0.15, 0.2) is 47.4 Å². The number of rotatable bonds is 4. The number of benzene rings is 2. The lowest BCUT2D eigenvalue weighted by Crippen LogP contribution is -2.54. The summed E-state index contributed by atoms with van der Waals surface area (Å²) in [6.45, 7) is 3.83. The lowest BCUT2D eigenvalue weighted by Gasteiger charge is -2.36. The van der Waals surface area contributed by atoms with E-state index in [9.17, 15) is 18.3 Å². The van der Waals surface area contributed by atoms with Crippen molar-refractivity contribution >= 4 is 15.9 Å². The molecular weight excluding hydrogens is 412 g/mol. The van der Waals surface area contributed by atoms with Crippen molar-refractivity contribution in [3.05, 3.63) is 64.7 Å². The molecule has 7 heteroatoms. The Morgan fingerprint density at radius 1 is 1.03 bits per heavy atom. The SMILES string of the molecule is Cc1ccc(C)c(S(=O)(=O)N2Cc3ccccc3CC2C(=O)NC2CCC(O)CC2)c1. The van der Waals surface area contributed by atoms with E-state index in [4.69, 9.17) is 0 Å². The van der Waals surface area contributed by atoms with Gasteiger partial charge in [-0.1, -0.05) is 36.4 Å². The van der Waals surface area contributed by atoms with Gasteiger partial charge in [0.25, 0.3) is 0 Å². The zero-order chi connectivity index (χ0) is 22.2. The van der Waals surface area contributed by atoms with Crippen LogP contribution in [0.1, 0.15) is 47.9 Å². The Hall–Kier alpha value is -2.22. The number of nitrogens with one attached hydrogen (secondary N) is 1. The van der Waals surface area contributed by atoms with E-state index in [1.165, 1.54) is 4.31 Å². The molecule has 0 bridgehead atoms. The second-order valence-electron chi connectivity index (χ2n) is 8.82. The third kappa shape index (κ3) is 4.54. The maximum absolute atomic E-state index is 13.7. The highest BCUT2D eigenvalue weighted by Gasteiger charge is 2.40. The molecule has 1 fully saturated rings. The number of amides is 1. The van der Waals surface area contributed by atoms with E-state index in [0.717, 1.165) is 16.7 Å². The highest BCUT2D eigenvalue weighted by Crippen LogP contribution is 2.31. The van der Waals surface area contributed by atoms with Gasteiger partial charge in [-0.05, 0) is 74.3 Å². The second-order valence-corrected chi connectivity index (χ2v) is 10.7. The largest absolute Gasteiger partial charge is 0.393 e. The first-order valence-corrected chi connectivity index (χ1v) is 12.3. The zero-order valence-corrected chi connectivity index (χ0v) is 18.9. The molecule has 1 aliphatic carbocycles. The Labute approximate surface area is 184 Å². The second kappa shape index (κ2) is 8.73. The predicted octanol–water partition coefficient (Wildman–Crippen LogP) is 2.84. The number of hydrogen-bond acceptors (Lipinski definition) is 4. The summed E-state index contributed by atoms with van der Waals surface area (Å²) >= 11 is 0. The smallest absolute Gasteiger partial charge is 0.244 e. The fourth-order valence-corrected chi connectivity index (χ4v) is 6.48. The number of sulfonamides is 1. The highest BCUT2D eigenvalue weighted by atomic mass is 32.2. The zero-order valence-electron chi connectivity index (χ0n) is 18.0. The van der Waals surface area contributed by atoms with E-state index >= 15 is 0 Å². The highest BCUT2D eigenvalue weighted by molar-refractivity contribution is 7.89. The van der Waals surface area contributed by atoms with Gasteiger partial charge in [-0.3, -0.25) is 4.79 Å². The maximum Gasteiger partial charge on any atom is 0.244 e. The minimum absolute atomic E-state index is 0.0293. The van der Waals surface area contributed by atoms with Gasteiger partial charge < -0.3 is 10.4 Å². The Morgan fingerprint density at radius 3 is 2.42 bits per heavy atom. The van der Waals surface area contributed by atoms with Gasteiger partial charge in [-0.2, -0.15) is 4.31 Å². The first-order chi connectivity index (χ1) is 14.8. The minimum Gasteiger partial charge on any atom is -0.393 e. The normalized spacial score (nSPS) is 24.4. The number of carbonyl (C=O) groups excluding carboxylic acids is 1. The van der Waals surface area contributed by atoms with Gasteiger partial charge in [-0.25, -0.2) is 8.42 Å². The summed E-state index contributed by atoms with van der Waals surface area (Å²) < 4.78 is 28.8. The number of aliphatic hydroxyl groups excluding tert-OH is 1. The van der Waals surface area contributed by atoms with Crippen molar-refractivity contribution in [1.29, 1.82) is 0 Å². The van der Waals surface area contributed by atoms with Crippen molar-refractivity contribution < 1.29 is 18.3 Å². The van der Waals surface area contributed by atoms with E-state index < -0.39 is 16.1 Å². The molecule has 1 heterocycles. The molecule has 2 aromatic rings.